The van der Waals surface area contributed by atoms with Crippen LogP contribution >= 0.6 is 23.2 Å². The van der Waals surface area contributed by atoms with Gasteiger partial charge in [-0.3, -0.25) is 4.79 Å². The number of rotatable bonds is 3. The predicted octanol–water partition coefficient (Wildman–Crippen LogP) is 7.10. The molecule has 0 saturated carbocycles. The van der Waals surface area contributed by atoms with Crippen LogP contribution in [0.5, 0.6) is 0 Å². The van der Waals surface area contributed by atoms with Gasteiger partial charge in [0, 0.05) is 42.8 Å². The SMILES string of the molecule is Cc1ccc(C)c(-c2cc(C(=O)N3CCN(c4ccc(Cl)c(Cl)c4)CC3)c3cccc(C)c3n2)c1. The molecule has 1 aliphatic rings. The molecule has 0 spiro atoms. The quantitative estimate of drug-likeness (QED) is 0.299. The highest BCUT2D eigenvalue weighted by atomic mass is 35.5. The summed E-state index contributed by atoms with van der Waals surface area (Å²) in [5, 5.41) is 1.99. The maximum atomic E-state index is 13.8. The van der Waals surface area contributed by atoms with Gasteiger partial charge in [-0.25, -0.2) is 4.98 Å². The third kappa shape index (κ3) is 4.61. The lowest BCUT2D eigenvalue weighted by Crippen LogP contribution is -2.48. The van der Waals surface area contributed by atoms with Crippen molar-refractivity contribution in [2.45, 2.75) is 20.8 Å². The van der Waals surface area contributed by atoms with Crippen molar-refractivity contribution < 1.29 is 4.79 Å². The van der Waals surface area contributed by atoms with E-state index in [1.54, 1.807) is 0 Å². The molecule has 0 bridgehead atoms. The van der Waals surface area contributed by atoms with E-state index in [1.807, 2.05) is 54.3 Å². The first-order valence-electron chi connectivity index (χ1n) is 11.8. The van der Waals surface area contributed by atoms with Gasteiger partial charge in [0.05, 0.1) is 26.8 Å². The number of hydrogen-bond donors (Lipinski definition) is 0. The number of carbonyl (C=O) groups is 1. The minimum Gasteiger partial charge on any atom is -0.368 e. The van der Waals surface area contributed by atoms with Crippen LogP contribution in [-0.4, -0.2) is 42.0 Å². The van der Waals surface area contributed by atoms with Gasteiger partial charge in [-0.05, 0) is 62.2 Å². The first kappa shape index (κ1) is 23.7. The topological polar surface area (TPSA) is 36.4 Å². The number of benzene rings is 3. The van der Waals surface area contributed by atoms with Crippen molar-refractivity contribution >= 4 is 45.7 Å². The van der Waals surface area contributed by atoms with Crippen LogP contribution in [0.3, 0.4) is 0 Å². The molecular formula is C29H27Cl2N3O. The Hall–Kier alpha value is -3.08. The summed E-state index contributed by atoms with van der Waals surface area (Å²) in [6.45, 7) is 8.94. The molecule has 1 amide bonds. The summed E-state index contributed by atoms with van der Waals surface area (Å²) in [5.74, 6) is 0.0448. The first-order valence-corrected chi connectivity index (χ1v) is 12.5. The van der Waals surface area contributed by atoms with Crippen LogP contribution in [0.4, 0.5) is 5.69 Å². The van der Waals surface area contributed by atoms with Crippen molar-refractivity contribution in [3.63, 3.8) is 0 Å². The van der Waals surface area contributed by atoms with E-state index < -0.39 is 0 Å². The standard InChI is InChI=1S/C29H27Cl2N3O/c1-18-7-8-19(2)23(15-18)27-17-24(22-6-4-5-20(3)28(22)32-27)29(35)34-13-11-33(12-14-34)21-9-10-25(30)26(31)16-21/h4-10,15-17H,11-14H2,1-3H3. The van der Waals surface area contributed by atoms with Gasteiger partial charge in [0.1, 0.15) is 0 Å². The van der Waals surface area contributed by atoms with Crippen molar-refractivity contribution in [3.8, 4) is 11.3 Å². The number of pyridine rings is 1. The number of piperazine rings is 1. The molecule has 1 fully saturated rings. The van der Waals surface area contributed by atoms with Crippen LogP contribution in [0.15, 0.2) is 60.7 Å². The van der Waals surface area contributed by atoms with Gasteiger partial charge in [-0.1, -0.05) is 59.1 Å². The molecule has 3 aromatic carbocycles. The molecule has 1 aliphatic heterocycles. The second-order valence-corrected chi connectivity index (χ2v) is 10.0. The Morgan fingerprint density at radius 1 is 0.829 bits per heavy atom. The van der Waals surface area contributed by atoms with Crippen LogP contribution in [0, 0.1) is 20.8 Å². The van der Waals surface area contributed by atoms with E-state index in [2.05, 4.69) is 36.9 Å². The summed E-state index contributed by atoms with van der Waals surface area (Å²) < 4.78 is 0. The number of para-hydroxylation sites is 1. The van der Waals surface area contributed by atoms with E-state index in [0.29, 0.717) is 28.7 Å². The molecule has 35 heavy (non-hydrogen) atoms. The fourth-order valence-corrected chi connectivity index (χ4v) is 5.03. The lowest BCUT2D eigenvalue weighted by molar-refractivity contribution is 0.0748. The molecule has 5 rings (SSSR count). The van der Waals surface area contributed by atoms with E-state index in [0.717, 1.165) is 52.1 Å². The Morgan fingerprint density at radius 2 is 1.60 bits per heavy atom. The molecule has 0 aliphatic carbocycles. The lowest BCUT2D eigenvalue weighted by atomic mass is 9.97. The van der Waals surface area contributed by atoms with Crippen LogP contribution in [-0.2, 0) is 0 Å². The number of halogens is 2. The minimum absolute atomic E-state index is 0.0448. The van der Waals surface area contributed by atoms with E-state index >= 15 is 0 Å². The maximum Gasteiger partial charge on any atom is 0.254 e. The number of carbonyl (C=O) groups excluding carboxylic acids is 1. The number of hydrogen-bond acceptors (Lipinski definition) is 3. The fraction of sp³-hybridized carbons (Fsp3) is 0.241. The zero-order valence-corrected chi connectivity index (χ0v) is 21.6. The highest BCUT2D eigenvalue weighted by Gasteiger charge is 2.25. The number of nitrogens with zero attached hydrogens (tertiary/aromatic N) is 3. The largest absolute Gasteiger partial charge is 0.368 e. The number of amides is 1. The second kappa shape index (κ2) is 9.52. The highest BCUT2D eigenvalue weighted by Crippen LogP contribution is 2.31. The summed E-state index contributed by atoms with van der Waals surface area (Å²) >= 11 is 12.3. The Balaban J connectivity index is 1.48. The molecule has 0 atom stereocenters. The highest BCUT2D eigenvalue weighted by molar-refractivity contribution is 6.42. The number of aryl methyl sites for hydroxylation is 3. The van der Waals surface area contributed by atoms with Crippen molar-refractivity contribution in [3.05, 3.63) is 93.0 Å². The molecule has 1 saturated heterocycles. The van der Waals surface area contributed by atoms with Gasteiger partial charge in [0.25, 0.3) is 5.91 Å². The van der Waals surface area contributed by atoms with Crippen LogP contribution in [0.1, 0.15) is 27.0 Å². The smallest absolute Gasteiger partial charge is 0.254 e. The van der Waals surface area contributed by atoms with Crippen molar-refractivity contribution in [2.24, 2.45) is 0 Å². The number of aromatic nitrogens is 1. The number of anilines is 1. The monoisotopic (exact) mass is 503 g/mol. The summed E-state index contributed by atoms with van der Waals surface area (Å²) in [4.78, 5) is 23.0. The Labute approximate surface area is 216 Å². The molecule has 0 unspecified atom stereocenters. The Bertz CT molecular complexity index is 1440. The second-order valence-electron chi connectivity index (χ2n) is 9.22. The molecule has 6 heteroatoms. The van der Waals surface area contributed by atoms with Gasteiger partial charge >= 0.3 is 0 Å². The van der Waals surface area contributed by atoms with Crippen molar-refractivity contribution in [1.29, 1.82) is 0 Å². The average molecular weight is 504 g/mol. The molecule has 2 heterocycles. The summed E-state index contributed by atoms with van der Waals surface area (Å²) in [7, 11) is 0. The van der Waals surface area contributed by atoms with Crippen LogP contribution in [0.2, 0.25) is 10.0 Å². The first-order chi connectivity index (χ1) is 16.8. The van der Waals surface area contributed by atoms with Crippen molar-refractivity contribution in [2.75, 3.05) is 31.1 Å². The van der Waals surface area contributed by atoms with Crippen LogP contribution in [0.25, 0.3) is 22.2 Å². The van der Waals surface area contributed by atoms with Gasteiger partial charge in [0.2, 0.25) is 0 Å². The van der Waals surface area contributed by atoms with E-state index in [4.69, 9.17) is 28.2 Å². The van der Waals surface area contributed by atoms with Gasteiger partial charge < -0.3 is 9.80 Å². The zero-order valence-electron chi connectivity index (χ0n) is 20.1. The molecule has 178 valence electrons. The Morgan fingerprint density at radius 3 is 2.34 bits per heavy atom. The van der Waals surface area contributed by atoms with Gasteiger partial charge in [-0.15, -0.1) is 0 Å². The zero-order chi connectivity index (χ0) is 24.7. The molecule has 4 nitrogen and oxygen atoms in total. The van der Waals surface area contributed by atoms with E-state index in [9.17, 15) is 4.79 Å². The van der Waals surface area contributed by atoms with Gasteiger partial charge in [0.15, 0.2) is 0 Å². The summed E-state index contributed by atoms with van der Waals surface area (Å²) in [5.41, 5.74) is 7.89. The average Bonchev–Trinajstić information content (AvgIpc) is 2.86. The summed E-state index contributed by atoms with van der Waals surface area (Å²) in [6, 6.07) is 20.0. The van der Waals surface area contributed by atoms with Gasteiger partial charge in [-0.2, -0.15) is 0 Å². The van der Waals surface area contributed by atoms with Crippen LogP contribution < -0.4 is 4.90 Å². The third-order valence-corrected chi connectivity index (χ3v) is 7.51. The molecular weight excluding hydrogens is 477 g/mol. The molecule has 4 aromatic rings. The normalized spacial score (nSPS) is 14.0. The van der Waals surface area contributed by atoms with Crippen molar-refractivity contribution in [1.82, 2.24) is 9.88 Å². The lowest BCUT2D eigenvalue weighted by Gasteiger charge is -2.36. The summed E-state index contributed by atoms with van der Waals surface area (Å²) in [6.07, 6.45) is 0. The van der Waals surface area contributed by atoms with E-state index in [1.165, 1.54) is 5.56 Å². The molecule has 1 aromatic heterocycles. The number of fused-ring (bicyclic) bond motifs is 1. The maximum absolute atomic E-state index is 13.8. The predicted molar refractivity (Wildman–Crippen MR) is 146 cm³/mol. The fourth-order valence-electron chi connectivity index (χ4n) is 4.74. The third-order valence-electron chi connectivity index (χ3n) is 6.78. The minimum atomic E-state index is 0.0448. The molecule has 0 N–H and O–H groups in total. The Kier molecular flexibility index (Phi) is 6.43. The molecule has 0 radical (unpaired) electrons. The van der Waals surface area contributed by atoms with E-state index in [-0.39, 0.29) is 5.91 Å².